The van der Waals surface area contributed by atoms with Gasteiger partial charge in [0.15, 0.2) is 0 Å². The van der Waals surface area contributed by atoms with E-state index >= 15 is 0 Å². The van der Waals surface area contributed by atoms with Crippen molar-refractivity contribution in [1.82, 2.24) is 15.2 Å². The number of hydrogen-bond donors (Lipinski definition) is 1. The monoisotopic (exact) mass is 257 g/mol. The molecule has 1 aromatic rings. The van der Waals surface area contributed by atoms with Gasteiger partial charge < -0.3 is 10.2 Å². The topological polar surface area (TPSA) is 45.2 Å². The van der Waals surface area contributed by atoms with E-state index in [9.17, 15) is 4.79 Å². The molecule has 4 heterocycles. The number of rotatable bonds is 3. The van der Waals surface area contributed by atoms with Crippen molar-refractivity contribution in [2.24, 2.45) is 5.92 Å². The van der Waals surface area contributed by atoms with Crippen LogP contribution in [0, 0.1) is 5.92 Å². The first-order chi connectivity index (χ1) is 9.31. The van der Waals surface area contributed by atoms with E-state index in [2.05, 4.69) is 15.2 Å². The van der Waals surface area contributed by atoms with Crippen molar-refractivity contribution in [3.63, 3.8) is 0 Å². The number of aromatic nitrogens is 1. The molecule has 100 valence electrons. The molecule has 1 atom stereocenters. The summed E-state index contributed by atoms with van der Waals surface area (Å²) in [5.41, 5.74) is 0.951. The van der Waals surface area contributed by atoms with Crippen molar-refractivity contribution in [1.29, 1.82) is 0 Å². The van der Waals surface area contributed by atoms with Crippen LogP contribution >= 0.6 is 0 Å². The van der Waals surface area contributed by atoms with Gasteiger partial charge in [0, 0.05) is 31.1 Å². The first kappa shape index (κ1) is 12.4. The zero-order chi connectivity index (χ0) is 13.1. The zero-order valence-electron chi connectivity index (χ0n) is 11.0. The van der Waals surface area contributed by atoms with E-state index in [1.54, 1.807) is 18.5 Å². The Kier molecular flexibility index (Phi) is 3.60. The summed E-state index contributed by atoms with van der Waals surface area (Å²) < 4.78 is 0. The maximum Gasteiger partial charge on any atom is 0.244 e. The number of fused-ring (bicyclic) bond motifs is 3. The summed E-state index contributed by atoms with van der Waals surface area (Å²) in [5.74, 6) is 0.670. The molecule has 1 unspecified atom stereocenters. The highest BCUT2D eigenvalue weighted by atomic mass is 16.1. The van der Waals surface area contributed by atoms with Crippen molar-refractivity contribution < 1.29 is 4.79 Å². The van der Waals surface area contributed by atoms with Gasteiger partial charge in [-0.15, -0.1) is 0 Å². The fourth-order valence-electron chi connectivity index (χ4n) is 3.01. The second-order valence-electron chi connectivity index (χ2n) is 5.37. The van der Waals surface area contributed by atoms with Crippen molar-refractivity contribution in [3.05, 3.63) is 36.2 Å². The van der Waals surface area contributed by atoms with Crippen LogP contribution in [-0.2, 0) is 4.79 Å². The Bertz CT molecular complexity index is 464. The lowest BCUT2D eigenvalue weighted by Gasteiger charge is -2.44. The van der Waals surface area contributed by atoms with Gasteiger partial charge in [-0.2, -0.15) is 0 Å². The van der Waals surface area contributed by atoms with Gasteiger partial charge in [-0.1, -0.05) is 6.07 Å². The van der Waals surface area contributed by atoms with Crippen molar-refractivity contribution in [2.75, 3.05) is 19.6 Å². The average Bonchev–Trinajstić information content (AvgIpc) is 2.47. The molecule has 4 nitrogen and oxygen atoms in total. The van der Waals surface area contributed by atoms with E-state index in [0.29, 0.717) is 12.0 Å². The Morgan fingerprint density at radius 3 is 2.89 bits per heavy atom. The molecule has 3 aliphatic heterocycles. The molecule has 0 aromatic carbocycles. The number of carbonyl (C=O) groups is 1. The second kappa shape index (κ2) is 5.53. The van der Waals surface area contributed by atoms with Crippen LogP contribution < -0.4 is 5.32 Å². The van der Waals surface area contributed by atoms with Gasteiger partial charge in [-0.3, -0.25) is 9.78 Å². The summed E-state index contributed by atoms with van der Waals surface area (Å²) in [4.78, 5) is 18.4. The van der Waals surface area contributed by atoms with Crippen LogP contribution in [0.25, 0.3) is 6.08 Å². The van der Waals surface area contributed by atoms with Crippen LogP contribution in [-0.4, -0.2) is 41.5 Å². The molecule has 1 amide bonds. The van der Waals surface area contributed by atoms with Crippen LogP contribution in [0.5, 0.6) is 0 Å². The van der Waals surface area contributed by atoms with E-state index in [1.807, 2.05) is 18.2 Å². The highest BCUT2D eigenvalue weighted by Gasteiger charge is 2.34. The molecule has 3 aliphatic rings. The number of amides is 1. The molecule has 0 spiro atoms. The Hall–Kier alpha value is -1.68. The number of hydrogen-bond acceptors (Lipinski definition) is 3. The third-order valence-corrected chi connectivity index (χ3v) is 4.10. The van der Waals surface area contributed by atoms with Gasteiger partial charge in [-0.25, -0.2) is 0 Å². The predicted octanol–water partition coefficient (Wildman–Crippen LogP) is 1.31. The molecule has 3 saturated heterocycles. The Morgan fingerprint density at radius 2 is 2.26 bits per heavy atom. The number of nitrogens with one attached hydrogen (secondary N) is 1. The van der Waals surface area contributed by atoms with E-state index in [0.717, 1.165) is 12.1 Å². The number of piperidine rings is 3. The minimum atomic E-state index is 0.00241. The van der Waals surface area contributed by atoms with Gasteiger partial charge in [0.1, 0.15) is 0 Å². The summed E-state index contributed by atoms with van der Waals surface area (Å²) in [6, 6.07) is 4.13. The Morgan fingerprint density at radius 1 is 1.42 bits per heavy atom. The number of pyridine rings is 1. The zero-order valence-corrected chi connectivity index (χ0v) is 11.0. The smallest absolute Gasteiger partial charge is 0.244 e. The van der Waals surface area contributed by atoms with Crippen molar-refractivity contribution in [2.45, 2.75) is 18.9 Å². The maximum absolute atomic E-state index is 11.9. The second-order valence-corrected chi connectivity index (χ2v) is 5.37. The summed E-state index contributed by atoms with van der Waals surface area (Å²) in [6.45, 7) is 3.41. The van der Waals surface area contributed by atoms with E-state index in [4.69, 9.17) is 0 Å². The SMILES string of the molecule is O=C(C=Cc1cccnc1)NC1CN2CCC1CC2. The summed E-state index contributed by atoms with van der Waals surface area (Å²) in [5, 5.41) is 3.13. The molecule has 3 fully saturated rings. The molecular weight excluding hydrogens is 238 g/mol. The lowest BCUT2D eigenvalue weighted by atomic mass is 9.84. The predicted molar refractivity (Wildman–Crippen MR) is 74.4 cm³/mol. The molecule has 19 heavy (non-hydrogen) atoms. The number of nitrogens with zero attached hydrogens (tertiary/aromatic N) is 2. The molecule has 1 N–H and O–H groups in total. The minimum Gasteiger partial charge on any atom is -0.348 e. The lowest BCUT2D eigenvalue weighted by Crippen LogP contribution is -2.57. The van der Waals surface area contributed by atoms with Gasteiger partial charge in [0.25, 0.3) is 0 Å². The Labute approximate surface area is 113 Å². The van der Waals surface area contributed by atoms with Crippen LogP contribution in [0.15, 0.2) is 30.6 Å². The van der Waals surface area contributed by atoms with Crippen LogP contribution in [0.3, 0.4) is 0 Å². The third-order valence-electron chi connectivity index (χ3n) is 4.10. The molecule has 0 saturated carbocycles. The van der Waals surface area contributed by atoms with Crippen LogP contribution in [0.4, 0.5) is 0 Å². The lowest BCUT2D eigenvalue weighted by molar-refractivity contribution is -0.118. The van der Waals surface area contributed by atoms with Gasteiger partial charge in [0.05, 0.1) is 0 Å². The highest BCUT2D eigenvalue weighted by Crippen LogP contribution is 2.27. The first-order valence-electron chi connectivity index (χ1n) is 6.92. The minimum absolute atomic E-state index is 0.00241. The average molecular weight is 257 g/mol. The molecule has 2 bridgehead atoms. The van der Waals surface area contributed by atoms with E-state index in [-0.39, 0.29) is 5.91 Å². The summed E-state index contributed by atoms with van der Waals surface area (Å²) >= 11 is 0. The molecule has 0 aliphatic carbocycles. The quantitative estimate of drug-likeness (QED) is 0.830. The molecule has 0 radical (unpaired) electrons. The summed E-state index contributed by atoms with van der Waals surface area (Å²) in [7, 11) is 0. The molecule has 4 rings (SSSR count). The van der Waals surface area contributed by atoms with Crippen LogP contribution in [0.1, 0.15) is 18.4 Å². The summed E-state index contributed by atoms with van der Waals surface area (Å²) in [6.07, 6.45) is 9.33. The normalized spacial score (nSPS) is 29.6. The largest absolute Gasteiger partial charge is 0.348 e. The molecule has 4 heteroatoms. The fraction of sp³-hybridized carbons (Fsp3) is 0.467. The number of carbonyl (C=O) groups excluding carboxylic acids is 1. The van der Waals surface area contributed by atoms with Gasteiger partial charge >= 0.3 is 0 Å². The van der Waals surface area contributed by atoms with E-state index in [1.165, 1.54) is 25.9 Å². The maximum atomic E-state index is 11.9. The van der Waals surface area contributed by atoms with E-state index < -0.39 is 0 Å². The third kappa shape index (κ3) is 3.01. The van der Waals surface area contributed by atoms with Crippen molar-refractivity contribution >= 4 is 12.0 Å². The van der Waals surface area contributed by atoms with Crippen molar-refractivity contribution in [3.8, 4) is 0 Å². The first-order valence-corrected chi connectivity index (χ1v) is 6.92. The molecular formula is C15H19N3O. The van der Waals surface area contributed by atoms with Gasteiger partial charge in [0.2, 0.25) is 5.91 Å². The Balaban J connectivity index is 1.55. The van der Waals surface area contributed by atoms with Gasteiger partial charge in [-0.05, 0) is 49.6 Å². The highest BCUT2D eigenvalue weighted by molar-refractivity contribution is 5.91. The molecule has 1 aromatic heterocycles. The van der Waals surface area contributed by atoms with Crippen LogP contribution in [0.2, 0.25) is 0 Å². The standard InChI is InChI=1S/C15H19N3O/c19-15(4-3-12-2-1-7-16-10-12)17-14-11-18-8-5-13(14)6-9-18/h1-4,7,10,13-14H,5-6,8-9,11H2,(H,17,19). The fourth-order valence-corrected chi connectivity index (χ4v) is 3.01.